The van der Waals surface area contributed by atoms with Crippen molar-refractivity contribution in [1.29, 1.82) is 0 Å². The maximum atomic E-state index is 13.3. The van der Waals surface area contributed by atoms with Gasteiger partial charge in [0.25, 0.3) is 0 Å². The van der Waals surface area contributed by atoms with Gasteiger partial charge in [0.2, 0.25) is 0 Å². The van der Waals surface area contributed by atoms with Crippen LogP contribution < -0.4 is 5.32 Å². The molecule has 3 nitrogen and oxygen atoms in total. The Morgan fingerprint density at radius 2 is 1.89 bits per heavy atom. The number of phenols is 1. The largest absolute Gasteiger partial charge is 0.507 e. The molecule has 0 aliphatic carbocycles. The minimum Gasteiger partial charge on any atom is -0.507 e. The number of nitrogens with zero attached hydrogens (tertiary/aromatic N) is 1. The third kappa shape index (κ3) is 3.01. The minimum absolute atomic E-state index is 0.0607. The summed E-state index contributed by atoms with van der Waals surface area (Å²) < 4.78 is 40.0. The Bertz CT molecular complexity index is 442. The molecule has 1 heterocycles. The van der Waals surface area contributed by atoms with Crippen molar-refractivity contribution in [3.05, 3.63) is 29.3 Å². The van der Waals surface area contributed by atoms with Gasteiger partial charge >= 0.3 is 6.18 Å². The molecule has 0 bridgehead atoms. The van der Waals surface area contributed by atoms with Gasteiger partial charge in [-0.15, -0.1) is 0 Å². The van der Waals surface area contributed by atoms with E-state index in [4.69, 9.17) is 0 Å². The van der Waals surface area contributed by atoms with Crippen LogP contribution in [0.2, 0.25) is 0 Å². The number of alkyl halides is 3. The topological polar surface area (TPSA) is 35.5 Å². The average Bonchev–Trinajstić information content (AvgIpc) is 2.35. The van der Waals surface area contributed by atoms with Crippen LogP contribution in [0.15, 0.2) is 18.2 Å². The van der Waals surface area contributed by atoms with Gasteiger partial charge in [-0.1, -0.05) is 18.2 Å². The number of para-hydroxylation sites is 1. The third-order valence-electron chi connectivity index (χ3n) is 3.39. The Morgan fingerprint density at radius 3 is 2.47 bits per heavy atom. The van der Waals surface area contributed by atoms with Crippen molar-refractivity contribution in [3.63, 3.8) is 0 Å². The molecular formula is C13H17F3N2O. The maximum absolute atomic E-state index is 13.3. The third-order valence-corrected chi connectivity index (χ3v) is 3.39. The summed E-state index contributed by atoms with van der Waals surface area (Å²) in [4.78, 5) is 1.37. The first-order valence-corrected chi connectivity index (χ1v) is 6.21. The van der Waals surface area contributed by atoms with Crippen LogP contribution in [0, 0.1) is 6.92 Å². The average molecular weight is 274 g/mol. The van der Waals surface area contributed by atoms with E-state index in [9.17, 15) is 18.3 Å². The molecule has 0 saturated carbocycles. The van der Waals surface area contributed by atoms with Crippen LogP contribution in [0.4, 0.5) is 13.2 Å². The summed E-state index contributed by atoms with van der Waals surface area (Å²) in [5, 5.41) is 12.9. The lowest BCUT2D eigenvalue weighted by Gasteiger charge is -2.36. The first-order valence-electron chi connectivity index (χ1n) is 6.21. The number of halogens is 3. The highest BCUT2D eigenvalue weighted by atomic mass is 19.4. The number of aryl methyl sites for hydroxylation is 1. The van der Waals surface area contributed by atoms with E-state index in [2.05, 4.69) is 5.32 Å². The predicted octanol–water partition coefficient (Wildman–Crippen LogP) is 2.21. The quantitative estimate of drug-likeness (QED) is 0.868. The smallest absolute Gasteiger partial charge is 0.408 e. The van der Waals surface area contributed by atoms with Crippen molar-refractivity contribution in [2.75, 3.05) is 26.2 Å². The minimum atomic E-state index is -4.40. The molecule has 6 heteroatoms. The highest BCUT2D eigenvalue weighted by Gasteiger charge is 2.46. The van der Waals surface area contributed by atoms with Gasteiger partial charge in [-0.05, 0) is 12.5 Å². The molecule has 1 aliphatic rings. The fraction of sp³-hybridized carbons (Fsp3) is 0.538. The van der Waals surface area contributed by atoms with Gasteiger partial charge in [0.15, 0.2) is 0 Å². The van der Waals surface area contributed by atoms with Crippen LogP contribution in [0.25, 0.3) is 0 Å². The van der Waals surface area contributed by atoms with Crippen molar-refractivity contribution in [3.8, 4) is 5.75 Å². The van der Waals surface area contributed by atoms with E-state index in [1.807, 2.05) is 0 Å². The molecule has 1 aromatic rings. The zero-order valence-corrected chi connectivity index (χ0v) is 10.7. The molecule has 1 aromatic carbocycles. The Morgan fingerprint density at radius 1 is 1.26 bits per heavy atom. The van der Waals surface area contributed by atoms with Gasteiger partial charge in [-0.25, -0.2) is 0 Å². The molecule has 1 fully saturated rings. The summed E-state index contributed by atoms with van der Waals surface area (Å²) in [6.07, 6.45) is -4.40. The lowest BCUT2D eigenvalue weighted by Crippen LogP contribution is -2.49. The van der Waals surface area contributed by atoms with Crippen molar-refractivity contribution in [2.24, 2.45) is 0 Å². The van der Waals surface area contributed by atoms with Crippen molar-refractivity contribution < 1.29 is 18.3 Å². The molecule has 1 saturated heterocycles. The van der Waals surface area contributed by atoms with Crippen molar-refractivity contribution in [1.82, 2.24) is 10.2 Å². The van der Waals surface area contributed by atoms with E-state index in [-0.39, 0.29) is 11.3 Å². The van der Waals surface area contributed by atoms with Gasteiger partial charge in [-0.2, -0.15) is 13.2 Å². The SMILES string of the molecule is Cc1cccc([C@H](N2CCNCC2)C(F)(F)F)c1O. The molecule has 0 radical (unpaired) electrons. The monoisotopic (exact) mass is 274 g/mol. The van der Waals surface area contributed by atoms with Crippen LogP contribution in [-0.4, -0.2) is 42.4 Å². The zero-order chi connectivity index (χ0) is 14.0. The number of piperazine rings is 1. The number of benzene rings is 1. The van der Waals surface area contributed by atoms with Gasteiger partial charge in [0.1, 0.15) is 11.8 Å². The van der Waals surface area contributed by atoms with E-state index in [1.54, 1.807) is 19.1 Å². The van der Waals surface area contributed by atoms with Crippen molar-refractivity contribution >= 4 is 0 Å². The molecule has 0 unspecified atom stereocenters. The lowest BCUT2D eigenvalue weighted by atomic mass is 10.00. The van der Waals surface area contributed by atoms with Crippen LogP contribution in [0.3, 0.4) is 0 Å². The Kier molecular flexibility index (Phi) is 4.01. The summed E-state index contributed by atoms with van der Waals surface area (Å²) >= 11 is 0. The standard InChI is InChI=1S/C13H17F3N2O/c1-9-3-2-4-10(11(9)19)12(13(14,15)16)18-7-5-17-6-8-18/h2-4,12,17,19H,5-8H2,1H3/t12-/m0/s1. The molecule has 106 valence electrons. The van der Waals surface area contributed by atoms with Crippen LogP contribution in [0.5, 0.6) is 5.75 Å². The summed E-state index contributed by atoms with van der Waals surface area (Å²) in [6, 6.07) is 2.76. The van der Waals surface area contributed by atoms with E-state index in [1.165, 1.54) is 11.0 Å². The number of rotatable bonds is 2. The number of nitrogens with one attached hydrogen (secondary N) is 1. The van der Waals surface area contributed by atoms with Crippen molar-refractivity contribution in [2.45, 2.75) is 19.1 Å². The highest BCUT2D eigenvalue weighted by molar-refractivity contribution is 5.42. The van der Waals surface area contributed by atoms with E-state index >= 15 is 0 Å². The maximum Gasteiger partial charge on any atom is 0.408 e. The number of aromatic hydroxyl groups is 1. The summed E-state index contributed by atoms with van der Waals surface area (Å²) in [6.45, 7) is 3.29. The number of hydrogen-bond donors (Lipinski definition) is 2. The second kappa shape index (κ2) is 5.38. The van der Waals surface area contributed by atoms with Gasteiger partial charge < -0.3 is 10.4 Å². The predicted molar refractivity (Wildman–Crippen MR) is 66.1 cm³/mol. The Balaban J connectivity index is 2.40. The van der Waals surface area contributed by atoms with E-state index in [0.29, 0.717) is 31.7 Å². The van der Waals surface area contributed by atoms with Gasteiger partial charge in [0.05, 0.1) is 0 Å². The molecule has 1 aliphatic heterocycles. The number of phenolic OH excluding ortho intramolecular Hbond substituents is 1. The first-order chi connectivity index (χ1) is 8.91. The van der Waals surface area contributed by atoms with Gasteiger partial charge in [0, 0.05) is 31.7 Å². The normalized spacial score (nSPS) is 19.4. The summed E-state index contributed by atoms with van der Waals surface area (Å²) in [5.41, 5.74) is 0.399. The zero-order valence-electron chi connectivity index (χ0n) is 10.7. The molecule has 2 N–H and O–H groups in total. The van der Waals surface area contributed by atoms with Gasteiger partial charge in [-0.3, -0.25) is 4.90 Å². The first kappa shape index (κ1) is 14.1. The Labute approximate surface area is 110 Å². The molecule has 19 heavy (non-hydrogen) atoms. The van der Waals surface area contributed by atoms with E-state index < -0.39 is 12.2 Å². The number of hydrogen-bond acceptors (Lipinski definition) is 3. The van der Waals surface area contributed by atoms with Crippen LogP contribution in [0.1, 0.15) is 17.2 Å². The summed E-state index contributed by atoms with van der Waals surface area (Å²) in [7, 11) is 0. The molecule has 0 amide bonds. The summed E-state index contributed by atoms with van der Waals surface area (Å²) in [5.74, 6) is -0.261. The fourth-order valence-electron chi connectivity index (χ4n) is 2.42. The van der Waals surface area contributed by atoms with E-state index in [0.717, 1.165) is 0 Å². The Hall–Kier alpha value is -1.27. The second-order valence-corrected chi connectivity index (χ2v) is 4.74. The fourth-order valence-corrected chi connectivity index (χ4v) is 2.42. The highest BCUT2D eigenvalue weighted by Crippen LogP contribution is 2.42. The van der Waals surface area contributed by atoms with Crippen LogP contribution in [-0.2, 0) is 0 Å². The molecule has 2 rings (SSSR count). The molecule has 1 atom stereocenters. The molecule has 0 spiro atoms. The lowest BCUT2D eigenvalue weighted by molar-refractivity contribution is -0.188. The molecule has 0 aromatic heterocycles. The second-order valence-electron chi connectivity index (χ2n) is 4.74. The van der Waals surface area contributed by atoms with Crippen LogP contribution >= 0.6 is 0 Å². The molecular weight excluding hydrogens is 257 g/mol.